The number of pyridine rings is 1. The third kappa shape index (κ3) is 1.72. The van der Waals surface area contributed by atoms with Crippen molar-refractivity contribution in [3.63, 3.8) is 0 Å². The lowest BCUT2D eigenvalue weighted by Gasteiger charge is -1.98. The number of aromatic nitrogens is 1. The average molecular weight is 173 g/mol. The molecule has 13 heavy (non-hydrogen) atoms. The van der Waals surface area contributed by atoms with E-state index in [1.54, 1.807) is 18.3 Å². The van der Waals surface area contributed by atoms with Crippen molar-refractivity contribution in [3.05, 3.63) is 54.5 Å². The van der Waals surface area contributed by atoms with Crippen LogP contribution in [0, 0.1) is 5.82 Å². The number of hydrogen-bond acceptors (Lipinski definition) is 1. The molecular weight excluding hydrogens is 165 g/mol. The summed E-state index contributed by atoms with van der Waals surface area (Å²) in [6.07, 6.45) is 1.72. The zero-order valence-corrected chi connectivity index (χ0v) is 6.94. The summed E-state index contributed by atoms with van der Waals surface area (Å²) in [6.45, 7) is 0. The molecular formula is C11H8FN. The largest absolute Gasteiger partial charge is 0.256 e. The molecule has 0 aliphatic rings. The third-order valence-corrected chi connectivity index (χ3v) is 1.80. The summed E-state index contributed by atoms with van der Waals surface area (Å²) in [5.41, 5.74) is 1.80. The Morgan fingerprint density at radius 2 is 1.69 bits per heavy atom. The fourth-order valence-corrected chi connectivity index (χ4v) is 1.15. The maximum absolute atomic E-state index is 12.6. The van der Waals surface area contributed by atoms with Crippen molar-refractivity contribution < 1.29 is 4.39 Å². The van der Waals surface area contributed by atoms with Crippen molar-refractivity contribution in [2.24, 2.45) is 0 Å². The molecule has 0 saturated carbocycles. The topological polar surface area (TPSA) is 12.9 Å². The first-order valence-corrected chi connectivity index (χ1v) is 4.03. The van der Waals surface area contributed by atoms with Gasteiger partial charge in [-0.15, -0.1) is 0 Å². The smallest absolute Gasteiger partial charge is 0.123 e. The SMILES string of the molecule is Fc1ccc(-c2ccccn2)cc1. The Labute approximate surface area is 75.9 Å². The summed E-state index contributed by atoms with van der Waals surface area (Å²) in [6, 6.07) is 12.0. The second-order valence-electron chi connectivity index (χ2n) is 2.72. The van der Waals surface area contributed by atoms with Crippen LogP contribution in [0.3, 0.4) is 0 Å². The first kappa shape index (κ1) is 7.92. The van der Waals surface area contributed by atoms with E-state index in [0.717, 1.165) is 11.3 Å². The standard InChI is InChI=1S/C11H8FN/c12-10-6-4-9(5-7-10)11-3-1-2-8-13-11/h1-8H. The molecule has 0 unspecified atom stereocenters. The zero-order chi connectivity index (χ0) is 9.10. The predicted octanol–water partition coefficient (Wildman–Crippen LogP) is 2.89. The van der Waals surface area contributed by atoms with E-state index in [4.69, 9.17) is 0 Å². The summed E-state index contributed by atoms with van der Waals surface area (Å²) in [7, 11) is 0. The Morgan fingerprint density at radius 1 is 0.923 bits per heavy atom. The molecule has 1 aromatic heterocycles. The average Bonchev–Trinajstić information content (AvgIpc) is 2.20. The molecule has 0 aliphatic carbocycles. The van der Waals surface area contributed by atoms with Gasteiger partial charge >= 0.3 is 0 Å². The fourth-order valence-electron chi connectivity index (χ4n) is 1.15. The summed E-state index contributed by atoms with van der Waals surface area (Å²) in [4.78, 5) is 4.16. The molecule has 0 spiro atoms. The Hall–Kier alpha value is -1.70. The van der Waals surface area contributed by atoms with Crippen LogP contribution in [0.4, 0.5) is 4.39 Å². The molecule has 1 nitrogen and oxygen atoms in total. The maximum Gasteiger partial charge on any atom is 0.123 e. The summed E-state index contributed by atoms with van der Waals surface area (Å²) in [5, 5.41) is 0. The van der Waals surface area contributed by atoms with Gasteiger partial charge in [0.1, 0.15) is 5.82 Å². The molecule has 2 rings (SSSR count). The first-order valence-electron chi connectivity index (χ1n) is 4.03. The van der Waals surface area contributed by atoms with Crippen molar-refractivity contribution in [2.45, 2.75) is 0 Å². The fraction of sp³-hybridized carbons (Fsp3) is 0. The van der Waals surface area contributed by atoms with Crippen LogP contribution in [0.25, 0.3) is 11.3 Å². The second-order valence-corrected chi connectivity index (χ2v) is 2.72. The van der Waals surface area contributed by atoms with Gasteiger partial charge in [-0.05, 0) is 36.4 Å². The van der Waals surface area contributed by atoms with Gasteiger partial charge in [0.2, 0.25) is 0 Å². The minimum absolute atomic E-state index is 0.223. The summed E-state index contributed by atoms with van der Waals surface area (Å²) >= 11 is 0. The molecule has 64 valence electrons. The van der Waals surface area contributed by atoms with Gasteiger partial charge in [0.15, 0.2) is 0 Å². The molecule has 0 atom stereocenters. The van der Waals surface area contributed by atoms with Crippen molar-refractivity contribution in [1.29, 1.82) is 0 Å². The van der Waals surface area contributed by atoms with Crippen LogP contribution in [0.5, 0.6) is 0 Å². The lowest BCUT2D eigenvalue weighted by Crippen LogP contribution is -1.81. The van der Waals surface area contributed by atoms with Gasteiger partial charge in [0.05, 0.1) is 5.69 Å². The highest BCUT2D eigenvalue weighted by Crippen LogP contribution is 2.15. The van der Waals surface area contributed by atoms with Crippen LogP contribution in [0.15, 0.2) is 48.7 Å². The van der Waals surface area contributed by atoms with Crippen molar-refractivity contribution in [3.8, 4) is 11.3 Å². The van der Waals surface area contributed by atoms with Gasteiger partial charge in [-0.25, -0.2) is 4.39 Å². The highest BCUT2D eigenvalue weighted by atomic mass is 19.1. The van der Waals surface area contributed by atoms with Gasteiger partial charge in [0.25, 0.3) is 0 Å². The van der Waals surface area contributed by atoms with Crippen LogP contribution in [-0.4, -0.2) is 4.98 Å². The lowest BCUT2D eigenvalue weighted by atomic mass is 10.1. The highest BCUT2D eigenvalue weighted by molar-refractivity contribution is 5.58. The Morgan fingerprint density at radius 3 is 2.31 bits per heavy atom. The van der Waals surface area contributed by atoms with Crippen LogP contribution >= 0.6 is 0 Å². The number of halogens is 1. The second kappa shape index (κ2) is 3.35. The normalized spacial score (nSPS) is 9.92. The third-order valence-electron chi connectivity index (χ3n) is 1.80. The molecule has 0 amide bonds. The van der Waals surface area contributed by atoms with Crippen LogP contribution in [0.1, 0.15) is 0 Å². The van der Waals surface area contributed by atoms with E-state index in [9.17, 15) is 4.39 Å². The molecule has 0 N–H and O–H groups in total. The van der Waals surface area contributed by atoms with Gasteiger partial charge in [-0.2, -0.15) is 0 Å². The zero-order valence-electron chi connectivity index (χ0n) is 6.94. The van der Waals surface area contributed by atoms with Crippen LogP contribution in [0.2, 0.25) is 0 Å². The Kier molecular flexibility index (Phi) is 2.04. The van der Waals surface area contributed by atoms with Crippen LogP contribution < -0.4 is 0 Å². The minimum atomic E-state index is -0.223. The van der Waals surface area contributed by atoms with Gasteiger partial charge in [-0.1, -0.05) is 6.07 Å². The number of hydrogen-bond donors (Lipinski definition) is 0. The molecule has 1 aromatic carbocycles. The van der Waals surface area contributed by atoms with E-state index in [1.165, 1.54) is 12.1 Å². The first-order chi connectivity index (χ1) is 6.36. The summed E-state index contributed by atoms with van der Waals surface area (Å²) in [5.74, 6) is -0.223. The Bertz CT molecular complexity index is 381. The highest BCUT2D eigenvalue weighted by Gasteiger charge is 1.96. The number of nitrogens with zero attached hydrogens (tertiary/aromatic N) is 1. The van der Waals surface area contributed by atoms with E-state index in [1.807, 2.05) is 18.2 Å². The molecule has 0 saturated heterocycles. The molecule has 0 aliphatic heterocycles. The predicted molar refractivity (Wildman–Crippen MR) is 49.6 cm³/mol. The molecule has 0 bridgehead atoms. The number of rotatable bonds is 1. The van der Waals surface area contributed by atoms with Gasteiger partial charge in [-0.3, -0.25) is 4.98 Å². The van der Waals surface area contributed by atoms with Crippen LogP contribution in [-0.2, 0) is 0 Å². The molecule has 2 aromatic rings. The van der Waals surface area contributed by atoms with E-state index in [0.29, 0.717) is 0 Å². The van der Waals surface area contributed by atoms with Crippen molar-refractivity contribution in [1.82, 2.24) is 4.98 Å². The van der Waals surface area contributed by atoms with E-state index in [-0.39, 0.29) is 5.82 Å². The number of benzene rings is 1. The van der Waals surface area contributed by atoms with Gasteiger partial charge in [0, 0.05) is 11.8 Å². The molecule has 0 fully saturated rings. The molecule has 1 heterocycles. The van der Waals surface area contributed by atoms with E-state index in [2.05, 4.69) is 4.98 Å². The monoisotopic (exact) mass is 173 g/mol. The molecule has 2 heteroatoms. The minimum Gasteiger partial charge on any atom is -0.256 e. The Balaban J connectivity index is 2.42. The van der Waals surface area contributed by atoms with E-state index < -0.39 is 0 Å². The van der Waals surface area contributed by atoms with Gasteiger partial charge < -0.3 is 0 Å². The van der Waals surface area contributed by atoms with E-state index >= 15 is 0 Å². The molecule has 0 radical (unpaired) electrons. The van der Waals surface area contributed by atoms with Crippen molar-refractivity contribution >= 4 is 0 Å². The maximum atomic E-state index is 12.6. The summed E-state index contributed by atoms with van der Waals surface area (Å²) < 4.78 is 12.6. The van der Waals surface area contributed by atoms with Crippen molar-refractivity contribution in [2.75, 3.05) is 0 Å². The lowest BCUT2D eigenvalue weighted by molar-refractivity contribution is 0.628. The quantitative estimate of drug-likeness (QED) is 0.646.